The summed E-state index contributed by atoms with van der Waals surface area (Å²) in [6.07, 6.45) is 4.26. The summed E-state index contributed by atoms with van der Waals surface area (Å²) in [5.41, 5.74) is 0. The number of halogens is 3. The Morgan fingerprint density at radius 3 is 2.43 bits per heavy atom. The van der Waals surface area contributed by atoms with Crippen LogP contribution < -0.4 is 5.32 Å². The third kappa shape index (κ3) is 6.55. The number of hydrogen-bond acceptors (Lipinski definition) is 2. The highest BCUT2D eigenvalue weighted by molar-refractivity contribution is 4.81. The van der Waals surface area contributed by atoms with E-state index < -0.39 is 12.8 Å². The first-order valence-corrected chi connectivity index (χ1v) is 8.34. The Bertz CT molecular complexity index is 300. The van der Waals surface area contributed by atoms with Gasteiger partial charge in [0.25, 0.3) is 0 Å². The van der Waals surface area contributed by atoms with E-state index in [0.29, 0.717) is 6.04 Å². The minimum Gasteiger partial charge on any atom is -0.369 e. The van der Waals surface area contributed by atoms with E-state index in [0.717, 1.165) is 44.1 Å². The average Bonchev–Trinajstić information content (AvgIpc) is 2.44. The Balaban J connectivity index is 1.64. The molecule has 0 aliphatic heterocycles. The number of hydrogen-bond donors (Lipinski definition) is 1. The van der Waals surface area contributed by atoms with E-state index in [2.05, 4.69) is 12.2 Å². The molecule has 0 radical (unpaired) electrons. The van der Waals surface area contributed by atoms with Crippen molar-refractivity contribution in [1.82, 2.24) is 5.32 Å². The number of alkyl halides is 3. The standard InChI is InChI=1S/C16H28F3NO/c1-12-5-7-13(8-6-12)10-20-14-3-2-4-15(9-14)21-11-16(17,18)19/h12-15,20H,2-11H2,1H3. The molecule has 0 aromatic carbocycles. The van der Waals surface area contributed by atoms with Gasteiger partial charge in [-0.3, -0.25) is 0 Å². The number of ether oxygens (including phenoxy) is 1. The van der Waals surface area contributed by atoms with Gasteiger partial charge in [-0.15, -0.1) is 0 Å². The summed E-state index contributed by atoms with van der Waals surface area (Å²) in [4.78, 5) is 0. The zero-order valence-electron chi connectivity index (χ0n) is 12.9. The second-order valence-electron chi connectivity index (χ2n) is 6.95. The predicted molar refractivity (Wildman–Crippen MR) is 77.2 cm³/mol. The molecule has 0 heterocycles. The summed E-state index contributed by atoms with van der Waals surface area (Å²) in [5.74, 6) is 1.61. The number of rotatable bonds is 5. The van der Waals surface area contributed by atoms with Crippen LogP contribution >= 0.6 is 0 Å². The van der Waals surface area contributed by atoms with Gasteiger partial charge in [0.2, 0.25) is 0 Å². The lowest BCUT2D eigenvalue weighted by atomic mass is 9.82. The highest BCUT2D eigenvalue weighted by Crippen LogP contribution is 2.29. The smallest absolute Gasteiger partial charge is 0.369 e. The summed E-state index contributed by atoms with van der Waals surface area (Å²) in [6, 6.07) is 0.330. The Morgan fingerprint density at radius 1 is 1.05 bits per heavy atom. The van der Waals surface area contributed by atoms with Crippen molar-refractivity contribution in [2.75, 3.05) is 13.2 Å². The lowest BCUT2D eigenvalue weighted by Crippen LogP contribution is -2.40. The Labute approximate surface area is 125 Å². The highest BCUT2D eigenvalue weighted by Gasteiger charge is 2.31. The molecule has 0 spiro atoms. The maximum Gasteiger partial charge on any atom is 0.411 e. The monoisotopic (exact) mass is 307 g/mol. The van der Waals surface area contributed by atoms with E-state index in [1.165, 1.54) is 25.7 Å². The molecule has 2 unspecified atom stereocenters. The average molecular weight is 307 g/mol. The molecule has 0 amide bonds. The second-order valence-corrected chi connectivity index (χ2v) is 6.95. The van der Waals surface area contributed by atoms with Crippen LogP contribution in [0.5, 0.6) is 0 Å². The third-order valence-electron chi connectivity index (χ3n) is 4.94. The van der Waals surface area contributed by atoms with Crippen LogP contribution in [0, 0.1) is 11.8 Å². The van der Waals surface area contributed by atoms with Gasteiger partial charge in [-0.25, -0.2) is 0 Å². The fraction of sp³-hybridized carbons (Fsp3) is 1.00. The molecule has 2 atom stereocenters. The van der Waals surface area contributed by atoms with Crippen LogP contribution in [-0.2, 0) is 4.74 Å². The van der Waals surface area contributed by atoms with E-state index in [4.69, 9.17) is 4.74 Å². The Kier molecular flexibility index (Phi) is 6.35. The van der Waals surface area contributed by atoms with Gasteiger partial charge < -0.3 is 10.1 Å². The van der Waals surface area contributed by atoms with Crippen LogP contribution in [0.4, 0.5) is 13.2 Å². The van der Waals surface area contributed by atoms with Gasteiger partial charge in [-0.1, -0.05) is 19.8 Å². The summed E-state index contributed by atoms with van der Waals surface area (Å²) in [6.45, 7) is 2.22. The first-order valence-electron chi connectivity index (χ1n) is 8.34. The molecule has 0 aromatic heterocycles. The summed E-state index contributed by atoms with van der Waals surface area (Å²) < 4.78 is 41.6. The van der Waals surface area contributed by atoms with Crippen molar-refractivity contribution in [2.45, 2.75) is 76.6 Å². The molecule has 2 aliphatic rings. The van der Waals surface area contributed by atoms with Crippen LogP contribution in [0.1, 0.15) is 58.3 Å². The SMILES string of the molecule is CC1CCC(CNC2CCCC(OCC(F)(F)F)C2)CC1. The van der Waals surface area contributed by atoms with Crippen LogP contribution in [0.15, 0.2) is 0 Å². The summed E-state index contributed by atoms with van der Waals surface area (Å²) >= 11 is 0. The van der Waals surface area contributed by atoms with Crippen molar-refractivity contribution in [1.29, 1.82) is 0 Å². The second kappa shape index (κ2) is 7.82. The Morgan fingerprint density at radius 2 is 1.76 bits per heavy atom. The molecular formula is C16H28F3NO. The fourth-order valence-corrected chi connectivity index (χ4v) is 3.56. The topological polar surface area (TPSA) is 21.3 Å². The van der Waals surface area contributed by atoms with Crippen LogP contribution in [0.25, 0.3) is 0 Å². The van der Waals surface area contributed by atoms with E-state index >= 15 is 0 Å². The maximum atomic E-state index is 12.2. The fourth-order valence-electron chi connectivity index (χ4n) is 3.56. The molecule has 0 bridgehead atoms. The normalized spacial score (nSPS) is 34.9. The zero-order valence-corrected chi connectivity index (χ0v) is 12.9. The molecule has 5 heteroatoms. The van der Waals surface area contributed by atoms with E-state index in [1.807, 2.05) is 0 Å². The molecule has 0 saturated heterocycles. The van der Waals surface area contributed by atoms with Crippen molar-refractivity contribution in [3.8, 4) is 0 Å². The minimum absolute atomic E-state index is 0.232. The molecular weight excluding hydrogens is 279 g/mol. The predicted octanol–water partition coefficient (Wildman–Crippen LogP) is 4.29. The lowest BCUT2D eigenvalue weighted by molar-refractivity contribution is -0.188. The van der Waals surface area contributed by atoms with Gasteiger partial charge in [0.1, 0.15) is 6.61 Å². The van der Waals surface area contributed by atoms with Crippen molar-refractivity contribution in [2.24, 2.45) is 11.8 Å². The Hall–Kier alpha value is -0.290. The minimum atomic E-state index is -4.21. The molecule has 2 nitrogen and oxygen atoms in total. The van der Waals surface area contributed by atoms with Crippen LogP contribution in [0.2, 0.25) is 0 Å². The highest BCUT2D eigenvalue weighted by atomic mass is 19.4. The zero-order chi connectivity index (χ0) is 15.3. The van der Waals surface area contributed by atoms with Gasteiger partial charge >= 0.3 is 6.18 Å². The first kappa shape index (κ1) is 17.1. The van der Waals surface area contributed by atoms with Gasteiger partial charge in [-0.05, 0) is 56.9 Å². The van der Waals surface area contributed by atoms with Gasteiger partial charge in [-0.2, -0.15) is 13.2 Å². The van der Waals surface area contributed by atoms with Gasteiger partial charge in [0.05, 0.1) is 6.10 Å². The van der Waals surface area contributed by atoms with Crippen molar-refractivity contribution in [3.05, 3.63) is 0 Å². The molecule has 2 rings (SSSR count). The molecule has 124 valence electrons. The van der Waals surface area contributed by atoms with Crippen LogP contribution in [0.3, 0.4) is 0 Å². The molecule has 2 fully saturated rings. The molecule has 1 N–H and O–H groups in total. The lowest BCUT2D eigenvalue weighted by Gasteiger charge is -2.32. The van der Waals surface area contributed by atoms with Crippen molar-refractivity contribution < 1.29 is 17.9 Å². The first-order chi connectivity index (χ1) is 9.92. The van der Waals surface area contributed by atoms with E-state index in [-0.39, 0.29) is 6.10 Å². The van der Waals surface area contributed by atoms with Crippen molar-refractivity contribution >= 4 is 0 Å². The summed E-state index contributed by atoms with van der Waals surface area (Å²) in [5, 5.41) is 3.57. The van der Waals surface area contributed by atoms with Crippen molar-refractivity contribution in [3.63, 3.8) is 0 Å². The van der Waals surface area contributed by atoms with Crippen LogP contribution in [-0.4, -0.2) is 31.5 Å². The van der Waals surface area contributed by atoms with Gasteiger partial charge in [0, 0.05) is 6.04 Å². The van der Waals surface area contributed by atoms with E-state index in [9.17, 15) is 13.2 Å². The molecule has 2 saturated carbocycles. The quantitative estimate of drug-likeness (QED) is 0.818. The van der Waals surface area contributed by atoms with E-state index in [1.54, 1.807) is 0 Å². The largest absolute Gasteiger partial charge is 0.411 e. The summed E-state index contributed by atoms with van der Waals surface area (Å²) in [7, 11) is 0. The molecule has 2 aliphatic carbocycles. The third-order valence-corrected chi connectivity index (χ3v) is 4.94. The number of nitrogens with one attached hydrogen (secondary N) is 1. The van der Waals surface area contributed by atoms with Gasteiger partial charge in [0.15, 0.2) is 0 Å². The maximum absolute atomic E-state index is 12.2. The molecule has 0 aromatic rings. The molecule has 21 heavy (non-hydrogen) atoms.